The van der Waals surface area contributed by atoms with Gasteiger partial charge in [0.05, 0.1) is 16.2 Å². The van der Waals surface area contributed by atoms with Crippen LogP contribution in [0.2, 0.25) is 0 Å². The average molecular weight is 468 g/mol. The number of rotatable bonds is 7. The highest BCUT2D eigenvalue weighted by atomic mass is 32.2. The zero-order valence-electron chi connectivity index (χ0n) is 19.4. The largest absolute Gasteiger partial charge is 0.598 e. The van der Waals surface area contributed by atoms with Crippen LogP contribution in [0.15, 0.2) is 16.8 Å². The second kappa shape index (κ2) is 9.19. The second-order valence-electron chi connectivity index (χ2n) is 9.15. The van der Waals surface area contributed by atoms with Gasteiger partial charge in [-0.2, -0.15) is 0 Å². The molecule has 10 heteroatoms. The molecule has 172 valence electrons. The number of anilines is 1. The van der Waals surface area contributed by atoms with Crippen molar-refractivity contribution < 1.29 is 13.9 Å². The van der Waals surface area contributed by atoms with Gasteiger partial charge in [-0.1, -0.05) is 5.16 Å². The third-order valence-corrected chi connectivity index (χ3v) is 8.73. The fraction of sp³-hybridized carbons (Fsp3) is 0.667. The van der Waals surface area contributed by atoms with Crippen LogP contribution >= 0.6 is 11.3 Å². The van der Waals surface area contributed by atoms with Crippen molar-refractivity contribution in [3.05, 3.63) is 27.8 Å². The van der Waals surface area contributed by atoms with Crippen molar-refractivity contribution in [1.82, 2.24) is 19.3 Å². The molecular weight excluding hydrogens is 434 g/mol. The normalized spacial score (nSPS) is 17.8. The number of hydrogen-bond acceptors (Lipinski definition) is 8. The number of hydrogen-bond donors (Lipinski definition) is 1. The van der Waals surface area contributed by atoms with Gasteiger partial charge in [0.2, 0.25) is 11.8 Å². The number of carbonyl (C=O) groups excluding carboxylic acids is 1. The van der Waals surface area contributed by atoms with E-state index in [2.05, 4.69) is 34.2 Å². The molecule has 0 aliphatic carbocycles. The lowest BCUT2D eigenvalue weighted by Gasteiger charge is -2.42. The summed E-state index contributed by atoms with van der Waals surface area (Å²) in [6.45, 7) is 11.5. The molecule has 1 fully saturated rings. The number of thiazole rings is 1. The zero-order valence-corrected chi connectivity index (χ0v) is 21.0. The molecule has 1 aliphatic heterocycles. The summed E-state index contributed by atoms with van der Waals surface area (Å²) in [6, 6.07) is 2.04. The third kappa shape index (κ3) is 5.14. The predicted molar refractivity (Wildman–Crippen MR) is 125 cm³/mol. The maximum atomic E-state index is 13.1. The molecule has 8 nitrogen and oxygen atoms in total. The number of likely N-dealkylation sites (N-methyl/N-ethyl adjacent to an activating group) is 1. The average Bonchev–Trinajstić information content (AvgIpc) is 3.37. The summed E-state index contributed by atoms with van der Waals surface area (Å²) in [5.74, 6) is 0.192. The number of nitrogens with one attached hydrogen (secondary N) is 1. The first-order valence-corrected chi connectivity index (χ1v) is 12.8. The van der Waals surface area contributed by atoms with Gasteiger partial charge in [0.15, 0.2) is 0 Å². The fourth-order valence-corrected chi connectivity index (χ4v) is 5.39. The molecule has 31 heavy (non-hydrogen) atoms. The van der Waals surface area contributed by atoms with Gasteiger partial charge >= 0.3 is 0 Å². The van der Waals surface area contributed by atoms with E-state index < -0.39 is 16.9 Å². The van der Waals surface area contributed by atoms with Gasteiger partial charge in [-0.3, -0.25) is 15.0 Å². The number of amides is 1. The molecule has 1 aliphatic rings. The van der Waals surface area contributed by atoms with E-state index in [0.29, 0.717) is 5.88 Å². The molecule has 1 amide bonds. The Morgan fingerprint density at radius 2 is 2.00 bits per heavy atom. The summed E-state index contributed by atoms with van der Waals surface area (Å²) in [5.41, 5.74) is -0.356. The third-order valence-electron chi connectivity index (χ3n) is 6.40. The molecule has 2 aromatic heterocycles. The molecule has 0 saturated carbocycles. The van der Waals surface area contributed by atoms with E-state index in [1.54, 1.807) is 23.7 Å². The summed E-state index contributed by atoms with van der Waals surface area (Å²) in [6.07, 6.45) is 5.33. The van der Waals surface area contributed by atoms with Crippen LogP contribution < -0.4 is 5.32 Å². The smallest absolute Gasteiger partial charge is 0.246 e. The van der Waals surface area contributed by atoms with Crippen LogP contribution in [-0.2, 0) is 21.6 Å². The minimum atomic E-state index is -0.941. The summed E-state index contributed by atoms with van der Waals surface area (Å²) in [5, 5.41) is 8.11. The molecule has 0 bridgehead atoms. The molecular formula is C21H33N5O3S2. The summed E-state index contributed by atoms with van der Waals surface area (Å²) < 4.78 is 19.1. The van der Waals surface area contributed by atoms with E-state index in [-0.39, 0.29) is 17.4 Å². The van der Waals surface area contributed by atoms with Crippen LogP contribution in [0.4, 0.5) is 5.88 Å². The Kier molecular flexibility index (Phi) is 7.17. The SMILES string of the molecule is Cc1ncc(C(C)(C)c2cc(NC(=O)C(C)(C)N(C)C3CCN([S+](C)[O-])CC3)on2)s1. The van der Waals surface area contributed by atoms with Crippen molar-refractivity contribution in [2.24, 2.45) is 0 Å². The van der Waals surface area contributed by atoms with Crippen molar-refractivity contribution in [3.8, 4) is 0 Å². The second-order valence-corrected chi connectivity index (χ2v) is 11.8. The van der Waals surface area contributed by atoms with Gasteiger partial charge in [0.1, 0.15) is 6.26 Å². The van der Waals surface area contributed by atoms with Gasteiger partial charge in [0.25, 0.3) is 0 Å². The predicted octanol–water partition coefficient (Wildman–Crippen LogP) is 3.17. The lowest BCUT2D eigenvalue weighted by molar-refractivity contribution is -0.127. The number of aromatic nitrogens is 2. The molecule has 1 atom stereocenters. The summed E-state index contributed by atoms with van der Waals surface area (Å²) >= 11 is 0.688. The molecule has 1 N–H and O–H groups in total. The first-order chi connectivity index (χ1) is 14.4. The van der Waals surface area contributed by atoms with Crippen molar-refractivity contribution in [2.75, 3.05) is 31.7 Å². The van der Waals surface area contributed by atoms with Gasteiger partial charge in [-0.25, -0.2) is 4.98 Å². The summed E-state index contributed by atoms with van der Waals surface area (Å²) in [4.78, 5) is 20.7. The highest BCUT2D eigenvalue weighted by Gasteiger charge is 2.39. The Morgan fingerprint density at radius 3 is 2.55 bits per heavy atom. The van der Waals surface area contributed by atoms with Crippen LogP contribution in [0.3, 0.4) is 0 Å². The fourth-order valence-electron chi connectivity index (χ4n) is 3.77. The molecule has 3 heterocycles. The minimum Gasteiger partial charge on any atom is -0.598 e. The maximum absolute atomic E-state index is 13.1. The molecule has 0 radical (unpaired) electrons. The zero-order chi connectivity index (χ0) is 23.0. The van der Waals surface area contributed by atoms with E-state index in [1.165, 1.54) is 0 Å². The Bertz CT molecular complexity index is 900. The lowest BCUT2D eigenvalue weighted by atomic mass is 9.88. The van der Waals surface area contributed by atoms with E-state index >= 15 is 0 Å². The van der Waals surface area contributed by atoms with Crippen LogP contribution in [0.5, 0.6) is 0 Å². The Hall–Kier alpha value is -1.46. The van der Waals surface area contributed by atoms with Crippen LogP contribution in [-0.4, -0.2) is 67.8 Å². The summed E-state index contributed by atoms with van der Waals surface area (Å²) in [7, 11) is 1.98. The van der Waals surface area contributed by atoms with Gasteiger partial charge in [-0.15, -0.1) is 15.6 Å². The molecule has 2 aromatic rings. The molecule has 1 saturated heterocycles. The van der Waals surface area contributed by atoms with Crippen molar-refractivity contribution in [2.45, 2.75) is 64.5 Å². The number of nitrogens with zero attached hydrogens (tertiary/aromatic N) is 4. The Balaban J connectivity index is 1.65. The molecule has 0 aromatic carbocycles. The monoisotopic (exact) mass is 467 g/mol. The minimum absolute atomic E-state index is 0.148. The lowest BCUT2D eigenvalue weighted by Crippen LogP contribution is -2.57. The van der Waals surface area contributed by atoms with Gasteiger partial charge in [-0.05, 0) is 54.5 Å². The van der Waals surface area contributed by atoms with Crippen LogP contribution in [0.25, 0.3) is 0 Å². The van der Waals surface area contributed by atoms with E-state index in [4.69, 9.17) is 4.52 Å². The molecule has 3 rings (SSSR count). The van der Waals surface area contributed by atoms with Crippen molar-refractivity contribution in [3.63, 3.8) is 0 Å². The highest BCUT2D eigenvalue weighted by molar-refractivity contribution is 7.88. The molecule has 0 spiro atoms. The Morgan fingerprint density at radius 1 is 1.35 bits per heavy atom. The topological polar surface area (TPSA) is 97.6 Å². The van der Waals surface area contributed by atoms with Crippen molar-refractivity contribution >= 4 is 34.5 Å². The Labute approximate surface area is 191 Å². The van der Waals surface area contributed by atoms with Gasteiger partial charge in [0, 0.05) is 53.0 Å². The van der Waals surface area contributed by atoms with E-state index in [1.807, 2.05) is 38.3 Å². The van der Waals surface area contributed by atoms with Crippen molar-refractivity contribution in [1.29, 1.82) is 0 Å². The van der Waals surface area contributed by atoms with E-state index in [9.17, 15) is 9.35 Å². The standard InChI is InChI=1S/C21H33N5O3S2/c1-14-22-13-17(30-14)20(2,3)16-12-18(29-24-16)23-19(27)21(4,5)25(6)15-8-10-26(11-9-15)31(7)28/h12-13,15H,8-11H2,1-7H3,(H,23,27). The highest BCUT2D eigenvalue weighted by Crippen LogP contribution is 2.35. The van der Waals surface area contributed by atoms with E-state index in [0.717, 1.165) is 41.5 Å². The first kappa shape index (κ1) is 24.2. The van der Waals surface area contributed by atoms with Gasteiger partial charge < -0.3 is 9.08 Å². The molecule has 1 unspecified atom stereocenters. The van der Waals surface area contributed by atoms with Crippen LogP contribution in [0, 0.1) is 6.92 Å². The number of aryl methyl sites for hydroxylation is 1. The van der Waals surface area contributed by atoms with Crippen LogP contribution in [0.1, 0.15) is 56.1 Å². The number of carbonyl (C=O) groups is 1. The number of piperidine rings is 1. The quantitative estimate of drug-likeness (QED) is 0.625. The maximum Gasteiger partial charge on any atom is 0.246 e. The first-order valence-electron chi connectivity index (χ1n) is 10.5.